The number of nitrogens with one attached hydrogen (secondary N) is 1. The van der Waals surface area contributed by atoms with E-state index in [0.717, 1.165) is 6.42 Å². The van der Waals surface area contributed by atoms with E-state index in [2.05, 4.69) is 19.2 Å². The van der Waals surface area contributed by atoms with Crippen LogP contribution in [0, 0.1) is 0 Å². The number of nitrogens with two attached hydrogens (primary N) is 4. The van der Waals surface area contributed by atoms with Crippen LogP contribution in [0.3, 0.4) is 0 Å². The van der Waals surface area contributed by atoms with Crippen molar-refractivity contribution in [2.45, 2.75) is 57.8 Å². The topological polar surface area (TPSA) is 119 Å². The van der Waals surface area contributed by atoms with E-state index in [9.17, 15) is 4.39 Å². The predicted molar refractivity (Wildman–Crippen MR) is 90.9 cm³/mol. The van der Waals surface area contributed by atoms with Crippen LogP contribution in [0.1, 0.15) is 40.5 Å². The molecule has 0 aromatic carbocycles. The Kier molecular flexibility index (Phi) is 7.47. The molecule has 22 heavy (non-hydrogen) atoms. The molecule has 1 aliphatic heterocycles. The van der Waals surface area contributed by atoms with E-state index in [-0.39, 0.29) is 27.8 Å². The summed E-state index contributed by atoms with van der Waals surface area (Å²) in [4.78, 5) is 0. The molecular weight excluding hydrogens is 307 g/mol. The highest BCUT2D eigenvalue weighted by atomic mass is 35.5. The average molecular weight is 337 g/mol. The first kappa shape index (κ1) is 20.8. The number of hydrogen-bond acceptors (Lipinski definition) is 6. The standard InChI is InChI=1S/C9H18FN.C5H12ClN5/c1-8(2)6-5-7(10)9(3,4)11-8;1-11(10)5(9)3(7)2-4(6)8/h7,11H,5-6H2,1-4H3;2H,7-10H2,1H3/b;4-2-,5-3-. The Balaban J connectivity index is 0.000000401. The van der Waals surface area contributed by atoms with Gasteiger partial charge in [-0.1, -0.05) is 11.6 Å². The second-order valence-electron chi connectivity index (χ2n) is 6.72. The summed E-state index contributed by atoms with van der Waals surface area (Å²) in [6.45, 7) is 8.11. The molecule has 8 heteroatoms. The van der Waals surface area contributed by atoms with Crippen LogP contribution in [0.15, 0.2) is 22.8 Å². The van der Waals surface area contributed by atoms with Crippen molar-refractivity contribution in [2.75, 3.05) is 7.05 Å². The minimum Gasteiger partial charge on any atom is -0.396 e. The van der Waals surface area contributed by atoms with Gasteiger partial charge in [0.1, 0.15) is 17.1 Å². The van der Waals surface area contributed by atoms with E-state index in [1.807, 2.05) is 13.8 Å². The molecule has 0 bridgehead atoms. The van der Waals surface area contributed by atoms with Gasteiger partial charge in [-0.3, -0.25) is 5.01 Å². The van der Waals surface area contributed by atoms with Gasteiger partial charge in [0.05, 0.1) is 5.70 Å². The van der Waals surface area contributed by atoms with Crippen LogP contribution in [0.5, 0.6) is 0 Å². The molecule has 0 radical (unpaired) electrons. The summed E-state index contributed by atoms with van der Waals surface area (Å²) in [5, 5.41) is 4.54. The Morgan fingerprint density at radius 3 is 2.09 bits per heavy atom. The SMILES string of the molecule is CC1(C)CCC(F)C(C)(C)N1.CN(N)/C(N)=C(N)/C=C(\N)Cl. The second-order valence-corrected chi connectivity index (χ2v) is 7.15. The molecule has 6 nitrogen and oxygen atoms in total. The highest BCUT2D eigenvalue weighted by Crippen LogP contribution is 2.30. The molecule has 0 aliphatic carbocycles. The van der Waals surface area contributed by atoms with Gasteiger partial charge in [0.15, 0.2) is 0 Å². The average Bonchev–Trinajstić information content (AvgIpc) is 2.32. The Morgan fingerprint density at radius 1 is 1.27 bits per heavy atom. The van der Waals surface area contributed by atoms with Crippen molar-refractivity contribution in [3.05, 3.63) is 22.8 Å². The van der Waals surface area contributed by atoms with Crippen LogP contribution in [0.2, 0.25) is 0 Å². The lowest BCUT2D eigenvalue weighted by Crippen LogP contribution is -2.60. The molecule has 1 atom stereocenters. The van der Waals surface area contributed by atoms with Gasteiger partial charge in [-0.25, -0.2) is 10.2 Å². The minimum atomic E-state index is -0.699. The number of alkyl halides is 1. The quantitative estimate of drug-likeness (QED) is 0.223. The van der Waals surface area contributed by atoms with Gasteiger partial charge in [-0.15, -0.1) is 0 Å². The molecule has 1 heterocycles. The number of piperidine rings is 1. The van der Waals surface area contributed by atoms with Crippen molar-refractivity contribution < 1.29 is 4.39 Å². The van der Waals surface area contributed by atoms with Gasteiger partial charge in [-0.05, 0) is 46.6 Å². The summed E-state index contributed by atoms with van der Waals surface area (Å²) in [7, 11) is 1.56. The highest BCUT2D eigenvalue weighted by molar-refractivity contribution is 6.29. The Hall–Kier alpha value is -1.18. The molecular formula is C14H30ClFN6. The van der Waals surface area contributed by atoms with E-state index < -0.39 is 6.17 Å². The fourth-order valence-corrected chi connectivity index (χ4v) is 2.41. The summed E-state index contributed by atoms with van der Waals surface area (Å²) in [6, 6.07) is 0. The van der Waals surface area contributed by atoms with Crippen LogP contribution in [0.25, 0.3) is 0 Å². The zero-order valence-corrected chi connectivity index (χ0v) is 14.8. The first-order valence-electron chi connectivity index (χ1n) is 7.08. The minimum absolute atomic E-state index is 0.0623. The van der Waals surface area contributed by atoms with Crippen molar-refractivity contribution in [1.29, 1.82) is 0 Å². The fourth-order valence-electron chi connectivity index (χ4n) is 2.29. The van der Waals surface area contributed by atoms with Gasteiger partial charge >= 0.3 is 0 Å². The molecule has 1 rings (SSSR count). The fraction of sp³-hybridized carbons (Fsp3) is 0.714. The lowest BCUT2D eigenvalue weighted by molar-refractivity contribution is 0.0777. The Bertz CT molecular complexity index is 427. The van der Waals surface area contributed by atoms with Crippen LogP contribution in [-0.2, 0) is 0 Å². The van der Waals surface area contributed by atoms with Crippen molar-refractivity contribution in [3.8, 4) is 0 Å². The van der Waals surface area contributed by atoms with Crippen molar-refractivity contribution in [1.82, 2.24) is 10.3 Å². The van der Waals surface area contributed by atoms with Crippen LogP contribution in [-0.4, -0.2) is 29.3 Å². The third-order valence-electron chi connectivity index (χ3n) is 3.44. The van der Waals surface area contributed by atoms with E-state index in [0.29, 0.717) is 6.42 Å². The van der Waals surface area contributed by atoms with Gasteiger partial charge in [0.2, 0.25) is 0 Å². The lowest BCUT2D eigenvalue weighted by atomic mass is 9.81. The van der Waals surface area contributed by atoms with Crippen molar-refractivity contribution in [2.24, 2.45) is 23.0 Å². The molecule has 0 aromatic rings. The van der Waals surface area contributed by atoms with E-state index in [1.54, 1.807) is 7.05 Å². The third-order valence-corrected chi connectivity index (χ3v) is 3.54. The summed E-state index contributed by atoms with van der Waals surface area (Å²) >= 11 is 5.33. The molecule has 9 N–H and O–H groups in total. The summed E-state index contributed by atoms with van der Waals surface area (Å²) in [6.07, 6.45) is 2.24. The van der Waals surface area contributed by atoms with Crippen molar-refractivity contribution >= 4 is 11.6 Å². The molecule has 1 unspecified atom stereocenters. The van der Waals surface area contributed by atoms with Crippen molar-refractivity contribution in [3.63, 3.8) is 0 Å². The maximum absolute atomic E-state index is 13.2. The van der Waals surface area contributed by atoms with Gasteiger partial charge in [-0.2, -0.15) is 0 Å². The number of allylic oxidation sites excluding steroid dienone is 1. The molecule has 1 aliphatic rings. The number of hydrazine groups is 1. The smallest absolute Gasteiger partial charge is 0.136 e. The zero-order valence-electron chi connectivity index (χ0n) is 14.1. The van der Waals surface area contributed by atoms with E-state index >= 15 is 0 Å². The van der Waals surface area contributed by atoms with Gasteiger partial charge in [0, 0.05) is 18.1 Å². The zero-order chi connectivity index (χ0) is 17.7. The summed E-state index contributed by atoms with van der Waals surface area (Å²) in [5.74, 6) is 5.49. The third kappa shape index (κ3) is 7.20. The second kappa shape index (κ2) is 7.89. The summed E-state index contributed by atoms with van der Waals surface area (Å²) < 4.78 is 13.2. The number of nitrogens with zero attached hydrogens (tertiary/aromatic N) is 1. The van der Waals surface area contributed by atoms with Crippen LogP contribution >= 0.6 is 11.6 Å². The predicted octanol–water partition coefficient (Wildman–Crippen LogP) is 1.18. The molecule has 1 saturated heterocycles. The van der Waals surface area contributed by atoms with E-state index in [1.165, 1.54) is 11.1 Å². The lowest BCUT2D eigenvalue weighted by Gasteiger charge is -2.44. The molecule has 130 valence electrons. The normalized spacial score (nSPS) is 24.7. The maximum Gasteiger partial charge on any atom is 0.136 e. The number of rotatable bonds is 2. The Labute approximate surface area is 137 Å². The van der Waals surface area contributed by atoms with Gasteiger partial charge in [0.25, 0.3) is 0 Å². The maximum atomic E-state index is 13.2. The molecule has 1 fully saturated rings. The first-order valence-corrected chi connectivity index (χ1v) is 7.46. The monoisotopic (exact) mass is 336 g/mol. The largest absolute Gasteiger partial charge is 0.396 e. The van der Waals surface area contributed by atoms with E-state index in [4.69, 9.17) is 34.6 Å². The first-order chi connectivity index (χ1) is 9.78. The van der Waals surface area contributed by atoms with Crippen LogP contribution in [0.4, 0.5) is 4.39 Å². The molecule has 0 aromatic heterocycles. The highest BCUT2D eigenvalue weighted by Gasteiger charge is 2.39. The molecule has 0 spiro atoms. The number of hydrogen-bond donors (Lipinski definition) is 5. The molecule has 0 saturated carbocycles. The van der Waals surface area contributed by atoms with Crippen LogP contribution < -0.4 is 28.4 Å². The number of halogens is 2. The Morgan fingerprint density at radius 2 is 1.77 bits per heavy atom. The van der Waals surface area contributed by atoms with Gasteiger partial charge < -0.3 is 22.5 Å². The molecule has 0 amide bonds. The summed E-state index contributed by atoms with van der Waals surface area (Å²) in [5.41, 5.74) is 15.9.